The SMILES string of the molecule is Cc1ccc(S(=O)(=O)N(c2ccc3cc(CO[Si](c4ccccc4)(c4ccccc4)C(C)(C)C)c(C=O)nc3c2)S(=O)(=O)c2ccc(C)cc2)cc1. The topological polar surface area (TPSA) is 111 Å². The van der Waals surface area contributed by atoms with Gasteiger partial charge in [-0.2, -0.15) is 3.71 Å². The first-order chi connectivity index (χ1) is 24.7. The molecule has 8 nitrogen and oxygen atoms in total. The van der Waals surface area contributed by atoms with E-state index in [4.69, 9.17) is 4.43 Å². The highest BCUT2D eigenvalue weighted by Gasteiger charge is 2.50. The molecule has 0 unspecified atom stereocenters. The summed E-state index contributed by atoms with van der Waals surface area (Å²) in [5.41, 5.74) is 2.40. The van der Waals surface area contributed by atoms with Gasteiger partial charge in [0, 0.05) is 10.9 Å². The summed E-state index contributed by atoms with van der Waals surface area (Å²) in [5, 5.41) is 2.45. The van der Waals surface area contributed by atoms with Crippen molar-refractivity contribution in [3.05, 3.63) is 156 Å². The van der Waals surface area contributed by atoms with Crippen LogP contribution in [0.15, 0.2) is 143 Å². The van der Waals surface area contributed by atoms with E-state index in [2.05, 4.69) is 50.0 Å². The first kappa shape index (κ1) is 36.8. The highest BCUT2D eigenvalue weighted by Crippen LogP contribution is 2.38. The average Bonchev–Trinajstić information content (AvgIpc) is 3.12. The van der Waals surface area contributed by atoms with Gasteiger partial charge in [0.2, 0.25) is 0 Å². The fourth-order valence-electron chi connectivity index (χ4n) is 6.51. The molecule has 5 aromatic carbocycles. The standard InChI is InChI=1S/C41H40N2O6S2Si/c1-30-16-22-35(23-17-30)50(45,46)43(51(47,48)36-24-18-31(2)19-25-36)34-21-20-32-26-33(40(28-44)42-39(32)27-34)29-49-52(41(3,4)5,37-12-8-6-9-13-37)38-14-10-7-11-15-38/h6-28H,29H2,1-5H3. The van der Waals surface area contributed by atoms with Gasteiger partial charge < -0.3 is 4.43 Å². The number of aromatic nitrogens is 1. The van der Waals surface area contributed by atoms with Crippen molar-refractivity contribution in [3.8, 4) is 0 Å². The molecule has 0 saturated heterocycles. The number of aryl methyl sites for hydroxylation is 2. The number of carbonyl (C=O) groups excluding carboxylic acids is 1. The van der Waals surface area contributed by atoms with Crippen LogP contribution < -0.4 is 14.1 Å². The smallest absolute Gasteiger partial charge is 0.277 e. The highest BCUT2D eigenvalue weighted by molar-refractivity contribution is 8.10. The summed E-state index contributed by atoms with van der Waals surface area (Å²) in [5.74, 6) is 0. The van der Waals surface area contributed by atoms with Crippen molar-refractivity contribution in [2.75, 3.05) is 3.71 Å². The molecule has 0 spiro atoms. The predicted molar refractivity (Wildman–Crippen MR) is 209 cm³/mol. The van der Waals surface area contributed by atoms with Gasteiger partial charge in [-0.3, -0.25) is 4.79 Å². The van der Waals surface area contributed by atoms with E-state index < -0.39 is 28.4 Å². The van der Waals surface area contributed by atoms with Crippen LogP contribution in [0, 0.1) is 13.8 Å². The maximum atomic E-state index is 14.2. The molecule has 0 aliphatic rings. The Balaban J connectivity index is 1.46. The second-order valence-electron chi connectivity index (χ2n) is 13.8. The fourth-order valence-corrected chi connectivity index (χ4v) is 14.7. The molecule has 0 aliphatic carbocycles. The van der Waals surface area contributed by atoms with Gasteiger partial charge in [0.15, 0.2) is 6.29 Å². The number of anilines is 1. The molecule has 0 aliphatic heterocycles. The van der Waals surface area contributed by atoms with E-state index in [1.807, 2.05) is 50.2 Å². The van der Waals surface area contributed by atoms with Crippen LogP contribution in [0.25, 0.3) is 10.9 Å². The van der Waals surface area contributed by atoms with Crippen molar-refractivity contribution >= 4 is 61.6 Å². The second kappa shape index (κ2) is 14.2. The average molecular weight is 749 g/mol. The quantitative estimate of drug-likeness (QED) is 0.101. The lowest BCUT2D eigenvalue weighted by Gasteiger charge is -2.43. The largest absolute Gasteiger partial charge is 0.403 e. The summed E-state index contributed by atoms with van der Waals surface area (Å²) < 4.78 is 64.3. The summed E-state index contributed by atoms with van der Waals surface area (Å²) in [7, 11) is -12.2. The first-order valence-electron chi connectivity index (χ1n) is 16.8. The molecule has 0 saturated carbocycles. The number of carbonyl (C=O) groups is 1. The minimum atomic E-state index is -4.64. The lowest BCUT2D eigenvalue weighted by Crippen LogP contribution is -2.66. The van der Waals surface area contributed by atoms with E-state index in [1.165, 1.54) is 36.4 Å². The minimum absolute atomic E-state index is 0.0851. The molecule has 0 bridgehead atoms. The van der Waals surface area contributed by atoms with Gasteiger partial charge >= 0.3 is 0 Å². The van der Waals surface area contributed by atoms with Gasteiger partial charge in [0.05, 0.1) is 27.6 Å². The Kier molecular flexibility index (Phi) is 10.1. The van der Waals surface area contributed by atoms with Crippen LogP contribution in [0.3, 0.4) is 0 Å². The summed E-state index contributed by atoms with van der Waals surface area (Å²) in [6.07, 6.45) is 0.639. The predicted octanol–water partition coefficient (Wildman–Crippen LogP) is 7.32. The summed E-state index contributed by atoms with van der Waals surface area (Å²) in [4.78, 5) is 16.8. The van der Waals surface area contributed by atoms with Crippen LogP contribution in [-0.2, 0) is 31.1 Å². The zero-order valence-corrected chi connectivity index (χ0v) is 32.3. The number of nitrogens with zero attached hydrogens (tertiary/aromatic N) is 2. The third-order valence-corrected chi connectivity index (χ3v) is 18.4. The van der Waals surface area contributed by atoms with Crippen molar-refractivity contribution in [2.45, 2.75) is 56.1 Å². The van der Waals surface area contributed by atoms with Gasteiger partial charge in [-0.15, -0.1) is 0 Å². The van der Waals surface area contributed by atoms with Crippen molar-refractivity contribution in [1.29, 1.82) is 0 Å². The van der Waals surface area contributed by atoms with Gasteiger partial charge in [0.1, 0.15) is 5.69 Å². The van der Waals surface area contributed by atoms with E-state index in [1.54, 1.807) is 36.4 Å². The number of sulfonamides is 2. The van der Waals surface area contributed by atoms with Crippen molar-refractivity contribution in [2.24, 2.45) is 0 Å². The Morgan fingerprint density at radius 1 is 0.673 bits per heavy atom. The van der Waals surface area contributed by atoms with Crippen LogP contribution in [0.1, 0.15) is 48.0 Å². The Labute approximate surface area is 307 Å². The molecule has 0 fully saturated rings. The fraction of sp³-hybridized carbons (Fsp3) is 0.171. The van der Waals surface area contributed by atoms with Crippen LogP contribution >= 0.6 is 0 Å². The molecule has 1 heterocycles. The molecule has 11 heteroatoms. The normalized spacial score (nSPS) is 12.5. The third kappa shape index (κ3) is 6.84. The second-order valence-corrected chi connectivity index (χ2v) is 21.9. The zero-order chi connectivity index (χ0) is 37.3. The molecular formula is C41H40N2O6S2Si. The number of pyridine rings is 1. The maximum Gasteiger partial charge on any atom is 0.277 e. The van der Waals surface area contributed by atoms with Crippen molar-refractivity contribution in [3.63, 3.8) is 0 Å². The number of benzene rings is 5. The number of aldehydes is 1. The number of rotatable bonds is 11. The van der Waals surface area contributed by atoms with E-state index in [9.17, 15) is 21.6 Å². The highest BCUT2D eigenvalue weighted by atomic mass is 32.3. The number of hydrogen-bond donors (Lipinski definition) is 0. The Hall–Kier alpha value is -4.94. The molecule has 52 heavy (non-hydrogen) atoms. The van der Waals surface area contributed by atoms with E-state index in [0.717, 1.165) is 21.5 Å². The molecule has 6 rings (SSSR count). The maximum absolute atomic E-state index is 14.2. The van der Waals surface area contributed by atoms with E-state index >= 15 is 0 Å². The lowest BCUT2D eigenvalue weighted by atomic mass is 10.1. The van der Waals surface area contributed by atoms with Crippen molar-refractivity contribution < 1.29 is 26.1 Å². The van der Waals surface area contributed by atoms with Crippen LogP contribution in [0.2, 0.25) is 5.04 Å². The van der Waals surface area contributed by atoms with Crippen LogP contribution in [-0.4, -0.2) is 36.4 Å². The van der Waals surface area contributed by atoms with Gasteiger partial charge in [-0.25, -0.2) is 21.8 Å². The minimum Gasteiger partial charge on any atom is -0.403 e. The first-order valence-corrected chi connectivity index (χ1v) is 21.5. The molecule has 0 radical (unpaired) electrons. The molecular weight excluding hydrogens is 709 g/mol. The summed E-state index contributed by atoms with van der Waals surface area (Å²) in [6, 6.07) is 38.5. The molecule has 1 aromatic heterocycles. The number of hydrogen-bond acceptors (Lipinski definition) is 7. The molecule has 0 amide bonds. The summed E-state index contributed by atoms with van der Waals surface area (Å²) >= 11 is 0. The van der Waals surface area contributed by atoms with Crippen molar-refractivity contribution in [1.82, 2.24) is 4.98 Å². The molecule has 0 N–H and O–H groups in total. The van der Waals surface area contributed by atoms with Gasteiger partial charge in [-0.1, -0.05) is 123 Å². The van der Waals surface area contributed by atoms with Gasteiger partial charge in [0.25, 0.3) is 28.4 Å². The monoisotopic (exact) mass is 748 g/mol. The van der Waals surface area contributed by atoms with Crippen LogP contribution in [0.4, 0.5) is 5.69 Å². The van der Waals surface area contributed by atoms with E-state index in [-0.39, 0.29) is 38.3 Å². The number of fused-ring (bicyclic) bond motifs is 1. The Bertz CT molecular complexity index is 2340. The Morgan fingerprint density at radius 2 is 1.15 bits per heavy atom. The molecule has 266 valence electrons. The summed E-state index contributed by atoms with van der Waals surface area (Å²) in [6.45, 7) is 10.2. The third-order valence-electron chi connectivity index (χ3n) is 9.17. The molecule has 0 atom stereocenters. The van der Waals surface area contributed by atoms with Gasteiger partial charge in [-0.05, 0) is 71.7 Å². The lowest BCUT2D eigenvalue weighted by molar-refractivity contribution is 0.111. The van der Waals surface area contributed by atoms with E-state index in [0.29, 0.717) is 20.9 Å². The molecule has 6 aromatic rings. The zero-order valence-electron chi connectivity index (χ0n) is 29.6. The van der Waals surface area contributed by atoms with Crippen LogP contribution in [0.5, 0.6) is 0 Å². The Morgan fingerprint density at radius 3 is 1.60 bits per heavy atom.